The summed E-state index contributed by atoms with van der Waals surface area (Å²) in [6, 6.07) is -0.843. The highest BCUT2D eigenvalue weighted by Crippen LogP contribution is 2.25. The van der Waals surface area contributed by atoms with Crippen molar-refractivity contribution in [3.05, 3.63) is 16.1 Å². The van der Waals surface area contributed by atoms with Gasteiger partial charge in [0.1, 0.15) is 11.0 Å². The molecule has 106 valence electrons. The normalized spacial score (nSPS) is 13.0. The van der Waals surface area contributed by atoms with Crippen LogP contribution in [-0.2, 0) is 20.8 Å². The van der Waals surface area contributed by atoms with Gasteiger partial charge in [-0.25, -0.2) is 9.78 Å². The molecule has 2 N–H and O–H groups in total. The summed E-state index contributed by atoms with van der Waals surface area (Å²) in [5.74, 6) is -0.0297. The average molecular weight is 302 g/mol. The molecule has 5 nitrogen and oxygen atoms in total. The van der Waals surface area contributed by atoms with Gasteiger partial charge < -0.3 is 10.4 Å². The Hall–Kier alpha value is -1.08. The Morgan fingerprint density at radius 2 is 2.32 bits per heavy atom. The minimum Gasteiger partial charge on any atom is -0.480 e. The molecule has 1 atom stereocenters. The largest absolute Gasteiger partial charge is 0.480 e. The third-order valence-corrected chi connectivity index (χ3v) is 4.48. The molecule has 0 bridgehead atoms. The first-order chi connectivity index (χ1) is 8.84. The molecule has 1 aromatic rings. The molecular formula is C12H18N2O3S2. The maximum Gasteiger partial charge on any atom is 0.327 e. The molecule has 0 aromatic carbocycles. The fourth-order valence-corrected chi connectivity index (χ4v) is 3.42. The summed E-state index contributed by atoms with van der Waals surface area (Å²) in [6.07, 6.45) is 0.417. The van der Waals surface area contributed by atoms with Crippen molar-refractivity contribution in [1.82, 2.24) is 10.3 Å². The highest BCUT2D eigenvalue weighted by molar-refractivity contribution is 7.98. The van der Waals surface area contributed by atoms with Crippen molar-refractivity contribution in [2.24, 2.45) is 0 Å². The lowest BCUT2D eigenvalue weighted by Gasteiger charge is -2.14. The lowest BCUT2D eigenvalue weighted by molar-refractivity contribution is -0.139. The second-order valence-electron chi connectivity index (χ2n) is 5.07. The Kier molecular flexibility index (Phi) is 5.81. The molecule has 0 radical (unpaired) electrons. The van der Waals surface area contributed by atoms with Crippen LogP contribution in [0.15, 0.2) is 5.38 Å². The van der Waals surface area contributed by atoms with E-state index in [0.717, 1.165) is 10.7 Å². The van der Waals surface area contributed by atoms with E-state index in [0.29, 0.717) is 17.9 Å². The number of aromatic nitrogens is 1. The van der Waals surface area contributed by atoms with Crippen molar-refractivity contribution in [3.63, 3.8) is 0 Å². The summed E-state index contributed by atoms with van der Waals surface area (Å²) in [5, 5.41) is 14.2. The number of carbonyl (C=O) groups is 2. The number of nitrogens with one attached hydrogen (secondary N) is 1. The first kappa shape index (κ1) is 16.0. The smallest absolute Gasteiger partial charge is 0.327 e. The molecule has 0 aliphatic heterocycles. The highest BCUT2D eigenvalue weighted by atomic mass is 32.2. The molecule has 1 amide bonds. The van der Waals surface area contributed by atoms with Crippen molar-refractivity contribution in [2.75, 3.05) is 5.75 Å². The van der Waals surface area contributed by atoms with Gasteiger partial charge >= 0.3 is 5.97 Å². The summed E-state index contributed by atoms with van der Waals surface area (Å²) < 4.78 is 0. The van der Waals surface area contributed by atoms with Crippen LogP contribution in [0.5, 0.6) is 0 Å². The molecule has 1 unspecified atom stereocenters. The fraction of sp³-hybridized carbons (Fsp3) is 0.583. The summed E-state index contributed by atoms with van der Waals surface area (Å²) in [4.78, 5) is 25.6. The zero-order valence-electron chi connectivity index (χ0n) is 11.2. The van der Waals surface area contributed by atoms with E-state index in [1.54, 1.807) is 11.3 Å². The van der Waals surface area contributed by atoms with Gasteiger partial charge in [0, 0.05) is 22.3 Å². The van der Waals surface area contributed by atoms with Crippen LogP contribution in [0, 0.1) is 0 Å². The minimum absolute atomic E-state index is 0.0299. The minimum atomic E-state index is -1.02. The zero-order valence-corrected chi connectivity index (χ0v) is 12.8. The van der Waals surface area contributed by atoms with E-state index in [1.165, 1.54) is 11.8 Å². The molecule has 0 aliphatic rings. The molecule has 7 heteroatoms. The topological polar surface area (TPSA) is 79.3 Å². The van der Waals surface area contributed by atoms with Crippen LogP contribution in [0.3, 0.4) is 0 Å². The van der Waals surface area contributed by atoms with E-state index >= 15 is 0 Å². The van der Waals surface area contributed by atoms with Crippen LogP contribution in [0.25, 0.3) is 0 Å². The molecular weight excluding hydrogens is 284 g/mol. The molecule has 1 aromatic heterocycles. The maximum atomic E-state index is 10.8. The standard InChI is InChI=1S/C12H18N2O3S2/c1-12(2,3)9-5-19-10(14-9)6-18-4-8(11(16)17)13-7-15/h5,7-8H,4,6H2,1-3H3,(H,13,15)(H,16,17). The first-order valence-electron chi connectivity index (χ1n) is 5.79. The molecule has 0 saturated carbocycles. The molecule has 0 spiro atoms. The Morgan fingerprint density at radius 1 is 1.63 bits per heavy atom. The van der Waals surface area contributed by atoms with E-state index in [2.05, 4.69) is 31.1 Å². The van der Waals surface area contributed by atoms with Gasteiger partial charge in [-0.1, -0.05) is 20.8 Å². The van der Waals surface area contributed by atoms with Crippen molar-refractivity contribution in [3.8, 4) is 0 Å². The number of carbonyl (C=O) groups excluding carboxylic acids is 1. The van der Waals surface area contributed by atoms with Crippen LogP contribution in [0.4, 0.5) is 0 Å². The van der Waals surface area contributed by atoms with Gasteiger partial charge in [-0.2, -0.15) is 11.8 Å². The summed E-state index contributed by atoms with van der Waals surface area (Å²) in [6.45, 7) is 6.31. The maximum absolute atomic E-state index is 10.8. The van der Waals surface area contributed by atoms with Gasteiger partial charge in [0.2, 0.25) is 6.41 Å². The van der Waals surface area contributed by atoms with E-state index in [1.807, 2.05) is 5.38 Å². The summed E-state index contributed by atoms with van der Waals surface area (Å²) in [7, 11) is 0. The number of thioether (sulfide) groups is 1. The molecule has 0 saturated heterocycles. The van der Waals surface area contributed by atoms with Crippen LogP contribution in [-0.4, -0.2) is 34.3 Å². The average Bonchev–Trinajstić information content (AvgIpc) is 2.76. The Morgan fingerprint density at radius 3 is 2.79 bits per heavy atom. The van der Waals surface area contributed by atoms with Gasteiger partial charge in [-0.3, -0.25) is 4.79 Å². The van der Waals surface area contributed by atoms with Crippen LogP contribution in [0.1, 0.15) is 31.5 Å². The third kappa shape index (κ3) is 5.20. The Bertz CT molecular complexity index is 440. The number of carboxylic acids is 1. The van der Waals surface area contributed by atoms with Crippen LogP contribution >= 0.6 is 23.1 Å². The number of hydrogen-bond acceptors (Lipinski definition) is 5. The lowest BCUT2D eigenvalue weighted by Crippen LogP contribution is -2.37. The van der Waals surface area contributed by atoms with Crippen LogP contribution < -0.4 is 5.32 Å². The van der Waals surface area contributed by atoms with Gasteiger partial charge in [0.15, 0.2) is 0 Å². The molecule has 0 fully saturated rings. The van der Waals surface area contributed by atoms with Crippen molar-refractivity contribution in [2.45, 2.75) is 38.0 Å². The van der Waals surface area contributed by atoms with E-state index < -0.39 is 12.0 Å². The summed E-state index contributed by atoms with van der Waals surface area (Å²) >= 11 is 3.03. The van der Waals surface area contributed by atoms with Gasteiger partial charge in [0.05, 0.1) is 5.69 Å². The van der Waals surface area contributed by atoms with Crippen LogP contribution in [0.2, 0.25) is 0 Å². The molecule has 0 aliphatic carbocycles. The second kappa shape index (κ2) is 6.91. The van der Waals surface area contributed by atoms with Gasteiger partial charge in [-0.05, 0) is 0 Å². The zero-order chi connectivity index (χ0) is 14.5. The van der Waals surface area contributed by atoms with E-state index in [9.17, 15) is 9.59 Å². The molecule has 1 heterocycles. The van der Waals surface area contributed by atoms with Gasteiger partial charge in [0.25, 0.3) is 0 Å². The van der Waals surface area contributed by atoms with Crippen molar-refractivity contribution in [1.29, 1.82) is 0 Å². The number of thiazole rings is 1. The number of carboxylic acid groups (broad SMARTS) is 1. The third-order valence-electron chi connectivity index (χ3n) is 2.40. The second-order valence-corrected chi connectivity index (χ2v) is 7.04. The fourth-order valence-electron chi connectivity index (χ4n) is 1.26. The van der Waals surface area contributed by atoms with E-state index in [-0.39, 0.29) is 5.41 Å². The number of hydrogen-bond donors (Lipinski definition) is 2. The summed E-state index contributed by atoms with van der Waals surface area (Å²) in [5.41, 5.74) is 1.08. The molecule has 19 heavy (non-hydrogen) atoms. The van der Waals surface area contributed by atoms with Crippen molar-refractivity contribution >= 4 is 35.5 Å². The number of aliphatic carboxylic acids is 1. The lowest BCUT2D eigenvalue weighted by atomic mass is 9.93. The highest BCUT2D eigenvalue weighted by Gasteiger charge is 2.19. The quantitative estimate of drug-likeness (QED) is 0.752. The van der Waals surface area contributed by atoms with Gasteiger partial charge in [-0.15, -0.1) is 11.3 Å². The predicted molar refractivity (Wildman–Crippen MR) is 77.6 cm³/mol. The Labute approximate surface area is 120 Å². The number of nitrogens with zero attached hydrogens (tertiary/aromatic N) is 1. The predicted octanol–water partition coefficient (Wildman–Crippen LogP) is 1.87. The number of rotatable bonds is 7. The monoisotopic (exact) mass is 302 g/mol. The van der Waals surface area contributed by atoms with E-state index in [4.69, 9.17) is 5.11 Å². The molecule has 1 rings (SSSR count). The Balaban J connectivity index is 2.46. The number of amides is 1. The van der Waals surface area contributed by atoms with Crippen molar-refractivity contribution < 1.29 is 14.7 Å². The first-order valence-corrected chi connectivity index (χ1v) is 7.83. The SMILES string of the molecule is CC(C)(C)c1csc(CSCC(NC=O)C(=O)O)n1.